The van der Waals surface area contributed by atoms with E-state index in [1.54, 1.807) is 25.3 Å². The lowest BCUT2D eigenvalue weighted by Crippen LogP contribution is -2.34. The third-order valence-corrected chi connectivity index (χ3v) is 3.59. The summed E-state index contributed by atoms with van der Waals surface area (Å²) in [5.41, 5.74) is 0.570. The fourth-order valence-electron chi connectivity index (χ4n) is 2.35. The number of rotatable bonds is 4. The molecule has 0 bridgehead atoms. The van der Waals surface area contributed by atoms with E-state index in [-0.39, 0.29) is 36.7 Å². The van der Waals surface area contributed by atoms with Crippen molar-refractivity contribution in [2.75, 3.05) is 6.61 Å². The second kappa shape index (κ2) is 5.61. The number of hydrogen-bond acceptors (Lipinski definition) is 5. The number of imidazole rings is 1. The van der Waals surface area contributed by atoms with Gasteiger partial charge in [0.2, 0.25) is 0 Å². The predicted molar refractivity (Wildman–Crippen MR) is 74.1 cm³/mol. The van der Waals surface area contributed by atoms with E-state index in [9.17, 15) is 15.1 Å². The number of nitrogens with zero attached hydrogens (tertiary/aromatic N) is 2. The molecule has 0 spiro atoms. The van der Waals surface area contributed by atoms with Gasteiger partial charge in [0.05, 0.1) is 18.6 Å². The van der Waals surface area contributed by atoms with E-state index in [1.807, 2.05) is 0 Å². The van der Waals surface area contributed by atoms with Crippen LogP contribution in [0.1, 0.15) is 28.5 Å². The van der Waals surface area contributed by atoms with Gasteiger partial charge in [-0.15, -0.1) is 0 Å². The van der Waals surface area contributed by atoms with Crippen LogP contribution in [0.25, 0.3) is 0 Å². The zero-order valence-corrected chi connectivity index (χ0v) is 12.2. The van der Waals surface area contributed by atoms with E-state index in [0.717, 1.165) is 0 Å². The van der Waals surface area contributed by atoms with Crippen LogP contribution >= 0.6 is 0 Å². The van der Waals surface area contributed by atoms with Crippen molar-refractivity contribution in [3.8, 4) is 5.75 Å². The maximum absolute atomic E-state index is 12.2. The number of aryl methyl sites for hydroxylation is 1. The van der Waals surface area contributed by atoms with Gasteiger partial charge in [-0.1, -0.05) is 0 Å². The van der Waals surface area contributed by atoms with Crippen LogP contribution in [0.15, 0.2) is 15.3 Å². The van der Waals surface area contributed by atoms with Crippen molar-refractivity contribution < 1.29 is 19.4 Å². The molecule has 114 valence electrons. The molecule has 0 aliphatic heterocycles. The Kier molecular flexibility index (Phi) is 4.04. The van der Waals surface area contributed by atoms with Crippen molar-refractivity contribution in [2.45, 2.75) is 33.7 Å². The highest BCUT2D eigenvalue weighted by Gasteiger charge is 2.24. The lowest BCUT2D eigenvalue weighted by Gasteiger charge is -2.07. The molecule has 0 saturated heterocycles. The average molecular weight is 294 g/mol. The lowest BCUT2D eigenvalue weighted by atomic mass is 10.1. The quantitative estimate of drug-likeness (QED) is 0.623. The molecule has 0 saturated carbocycles. The summed E-state index contributed by atoms with van der Waals surface area (Å²) in [6, 6.07) is 1.34. The first-order chi connectivity index (χ1) is 9.86. The van der Waals surface area contributed by atoms with Gasteiger partial charge in [-0.25, -0.2) is 14.1 Å². The first-order valence-corrected chi connectivity index (χ1v) is 6.58. The van der Waals surface area contributed by atoms with Crippen LogP contribution in [0.5, 0.6) is 5.75 Å². The van der Waals surface area contributed by atoms with Crippen LogP contribution < -0.4 is 10.4 Å². The zero-order chi connectivity index (χ0) is 15.7. The van der Waals surface area contributed by atoms with Crippen molar-refractivity contribution in [3.63, 3.8) is 0 Å². The molecular formula is C14H18N2O5. The number of aliphatic hydroxyl groups excluding tert-OH is 1. The Morgan fingerprint density at radius 1 is 1.38 bits per heavy atom. The molecule has 2 N–H and O–H groups in total. The molecule has 0 aliphatic carbocycles. The van der Waals surface area contributed by atoms with Gasteiger partial charge >= 0.3 is 5.63 Å². The summed E-state index contributed by atoms with van der Waals surface area (Å²) in [5, 5.41) is 31.2. The smallest absolute Gasteiger partial charge is 0.343 e. The molecular weight excluding hydrogens is 276 g/mol. The number of aliphatic hydroxyl groups is 1. The van der Waals surface area contributed by atoms with Crippen molar-refractivity contribution in [3.05, 3.63) is 50.2 Å². The van der Waals surface area contributed by atoms with Crippen molar-refractivity contribution >= 4 is 0 Å². The van der Waals surface area contributed by atoms with Gasteiger partial charge < -0.3 is 19.8 Å². The number of hydrogen-bond donors (Lipinski definition) is 2. The largest absolute Gasteiger partial charge is 0.711 e. The molecule has 7 nitrogen and oxygen atoms in total. The van der Waals surface area contributed by atoms with Crippen molar-refractivity contribution in [1.29, 1.82) is 0 Å². The number of aromatic hydroxyl groups is 1. The molecule has 2 aromatic heterocycles. The second-order valence-electron chi connectivity index (χ2n) is 4.94. The normalized spacial score (nSPS) is 11.0. The van der Waals surface area contributed by atoms with Crippen LogP contribution in [0.4, 0.5) is 0 Å². The van der Waals surface area contributed by atoms with E-state index >= 15 is 0 Å². The third-order valence-electron chi connectivity index (χ3n) is 3.59. The Morgan fingerprint density at radius 2 is 2.05 bits per heavy atom. The maximum atomic E-state index is 12.2. The summed E-state index contributed by atoms with van der Waals surface area (Å²) in [4.78, 5) is 11.8. The molecule has 0 aromatic carbocycles. The summed E-state index contributed by atoms with van der Waals surface area (Å²) >= 11 is 0. The summed E-state index contributed by atoms with van der Waals surface area (Å²) < 4.78 is 7.30. The van der Waals surface area contributed by atoms with Gasteiger partial charge in [0.1, 0.15) is 29.4 Å². The first kappa shape index (κ1) is 15.1. The molecule has 0 amide bonds. The topological polar surface area (TPSA) is 103 Å². The summed E-state index contributed by atoms with van der Waals surface area (Å²) in [6.07, 6.45) is -0.0629. The monoisotopic (exact) mass is 294 g/mol. The molecule has 21 heavy (non-hydrogen) atoms. The SMILES string of the molecule is Cc1cc(O)c(Cc2n(CCO)c(C)c(C)[n+]2[O-])c(=O)o1. The van der Waals surface area contributed by atoms with Gasteiger partial charge in [0.25, 0.3) is 5.82 Å². The Hall–Kier alpha value is -2.28. The van der Waals surface area contributed by atoms with E-state index in [1.165, 1.54) is 6.07 Å². The van der Waals surface area contributed by atoms with Crippen LogP contribution in [0, 0.1) is 26.0 Å². The minimum absolute atomic E-state index is 0.0295. The molecule has 7 heteroatoms. The predicted octanol–water partition coefficient (Wildman–Crippen LogP) is 0.289. The van der Waals surface area contributed by atoms with Gasteiger partial charge in [0.15, 0.2) is 0 Å². The summed E-state index contributed by atoms with van der Waals surface area (Å²) in [5.74, 6) is 0.385. The Balaban J connectivity index is 2.55. The highest BCUT2D eigenvalue weighted by atomic mass is 16.5. The molecule has 2 aromatic rings. The Morgan fingerprint density at radius 3 is 2.62 bits per heavy atom. The van der Waals surface area contributed by atoms with Crippen LogP contribution in [0.3, 0.4) is 0 Å². The molecule has 2 rings (SSSR count). The fraction of sp³-hybridized carbons (Fsp3) is 0.429. The van der Waals surface area contributed by atoms with E-state index in [4.69, 9.17) is 9.52 Å². The lowest BCUT2D eigenvalue weighted by molar-refractivity contribution is -0.619. The van der Waals surface area contributed by atoms with Crippen molar-refractivity contribution in [1.82, 2.24) is 4.57 Å². The van der Waals surface area contributed by atoms with E-state index in [2.05, 4.69) is 0 Å². The van der Waals surface area contributed by atoms with Crippen LogP contribution in [-0.2, 0) is 13.0 Å². The summed E-state index contributed by atoms with van der Waals surface area (Å²) in [7, 11) is 0. The minimum atomic E-state index is -0.667. The maximum Gasteiger partial charge on any atom is 0.343 e. The van der Waals surface area contributed by atoms with Gasteiger partial charge in [-0.05, 0) is 6.92 Å². The molecule has 0 fully saturated rings. The van der Waals surface area contributed by atoms with Crippen LogP contribution in [-0.4, -0.2) is 21.4 Å². The van der Waals surface area contributed by atoms with Gasteiger partial charge in [-0.2, -0.15) is 0 Å². The van der Waals surface area contributed by atoms with E-state index < -0.39 is 5.63 Å². The highest BCUT2D eigenvalue weighted by Crippen LogP contribution is 2.19. The van der Waals surface area contributed by atoms with Crippen molar-refractivity contribution in [2.24, 2.45) is 0 Å². The molecule has 0 atom stereocenters. The Bertz CT molecular complexity index is 730. The van der Waals surface area contributed by atoms with E-state index in [0.29, 0.717) is 21.9 Å². The Labute approximate surface area is 121 Å². The minimum Gasteiger partial charge on any atom is -0.711 e. The molecule has 2 heterocycles. The van der Waals surface area contributed by atoms with Gasteiger partial charge in [0, 0.05) is 19.9 Å². The molecule has 0 aliphatic rings. The van der Waals surface area contributed by atoms with Crippen LogP contribution in [0.2, 0.25) is 0 Å². The standard InChI is InChI=1S/C14H18N2O5/c1-8-6-12(18)11(14(19)21-8)7-13-15(4-5-17)9(2)10(3)16(13)20/h6,17-18H,4-5,7H2,1-3H3. The zero-order valence-electron chi connectivity index (χ0n) is 12.2. The first-order valence-electron chi connectivity index (χ1n) is 6.58. The number of aromatic nitrogens is 2. The summed E-state index contributed by atoms with van der Waals surface area (Å²) in [6.45, 7) is 5.10. The third kappa shape index (κ3) is 2.64. The average Bonchev–Trinajstić information content (AvgIpc) is 2.60. The molecule has 0 radical (unpaired) electrons. The molecule has 0 unspecified atom stereocenters. The second-order valence-corrected chi connectivity index (χ2v) is 4.94. The fourth-order valence-corrected chi connectivity index (χ4v) is 2.35. The van der Waals surface area contributed by atoms with Gasteiger partial charge in [-0.3, -0.25) is 0 Å². The highest BCUT2D eigenvalue weighted by molar-refractivity contribution is 5.32.